The molecule has 0 spiro atoms. The molecule has 9 heteroatoms. The Labute approximate surface area is 224 Å². The molecule has 0 radical (unpaired) electrons. The summed E-state index contributed by atoms with van der Waals surface area (Å²) in [6.07, 6.45) is 9.13. The summed E-state index contributed by atoms with van der Waals surface area (Å²) in [6.45, 7) is 1.24. The fourth-order valence-corrected chi connectivity index (χ4v) is 5.03. The predicted octanol–water partition coefficient (Wildman–Crippen LogP) is 4.99. The smallest absolute Gasteiger partial charge is 0.274 e. The zero-order chi connectivity index (χ0) is 26.8. The number of benzene rings is 2. The Morgan fingerprint density at radius 1 is 0.974 bits per heavy atom. The second-order valence-corrected chi connectivity index (χ2v) is 9.80. The first-order chi connectivity index (χ1) is 19.0. The first-order valence-corrected chi connectivity index (χ1v) is 12.9. The topological polar surface area (TPSA) is 84.5 Å². The van der Waals surface area contributed by atoms with E-state index in [2.05, 4.69) is 15.4 Å². The Balaban J connectivity index is 1.05. The minimum atomic E-state index is -0.291. The lowest BCUT2D eigenvalue weighted by atomic mass is 10.0. The molecule has 0 unspecified atom stereocenters. The van der Waals surface area contributed by atoms with Crippen molar-refractivity contribution in [3.8, 4) is 0 Å². The molecule has 5 aromatic rings. The highest BCUT2D eigenvalue weighted by atomic mass is 19.1. The maximum Gasteiger partial charge on any atom is 0.274 e. The average molecular weight is 523 g/mol. The number of nitrogens with zero attached hydrogens (tertiary/aromatic N) is 5. The van der Waals surface area contributed by atoms with Crippen LogP contribution in [-0.2, 0) is 6.42 Å². The van der Waals surface area contributed by atoms with Gasteiger partial charge in [-0.2, -0.15) is 5.10 Å². The van der Waals surface area contributed by atoms with Crippen molar-refractivity contribution in [1.82, 2.24) is 24.1 Å². The van der Waals surface area contributed by atoms with Gasteiger partial charge >= 0.3 is 0 Å². The molecule has 0 saturated carbocycles. The first kappa shape index (κ1) is 24.5. The lowest BCUT2D eigenvalue weighted by Gasteiger charge is -2.32. The number of carbonyl (C=O) groups excluding carboxylic acids is 2. The molecule has 39 heavy (non-hydrogen) atoms. The van der Waals surface area contributed by atoms with Gasteiger partial charge in [-0.3, -0.25) is 14.3 Å². The zero-order valence-electron chi connectivity index (χ0n) is 21.2. The monoisotopic (exact) mass is 522 g/mol. The number of nitrogens with one attached hydrogen (secondary N) is 1. The number of aromatic nitrogens is 4. The van der Waals surface area contributed by atoms with Crippen molar-refractivity contribution in [2.45, 2.75) is 25.3 Å². The number of likely N-dealkylation sites (tertiary alicyclic amines) is 1. The third kappa shape index (κ3) is 5.43. The van der Waals surface area contributed by atoms with E-state index in [4.69, 9.17) is 0 Å². The number of anilines is 1. The summed E-state index contributed by atoms with van der Waals surface area (Å²) in [4.78, 5) is 32.0. The van der Waals surface area contributed by atoms with Gasteiger partial charge in [0.15, 0.2) is 0 Å². The molecular formula is C30H27FN6O2. The van der Waals surface area contributed by atoms with E-state index >= 15 is 0 Å². The van der Waals surface area contributed by atoms with Crippen molar-refractivity contribution in [1.29, 1.82) is 0 Å². The van der Waals surface area contributed by atoms with Gasteiger partial charge in [0.25, 0.3) is 11.8 Å². The van der Waals surface area contributed by atoms with Crippen LogP contribution in [0, 0.1) is 5.82 Å². The molecule has 0 bridgehead atoms. The fraction of sp³-hybridized carbons (Fsp3) is 0.200. The summed E-state index contributed by atoms with van der Waals surface area (Å²) in [5.74, 6) is -0.541. The van der Waals surface area contributed by atoms with Gasteiger partial charge in [0, 0.05) is 36.6 Å². The van der Waals surface area contributed by atoms with E-state index < -0.39 is 0 Å². The zero-order valence-corrected chi connectivity index (χ0v) is 21.2. The molecule has 0 aliphatic carbocycles. The molecule has 0 atom stereocenters. The fourth-order valence-electron chi connectivity index (χ4n) is 5.03. The Morgan fingerprint density at radius 3 is 2.62 bits per heavy atom. The van der Waals surface area contributed by atoms with Crippen molar-refractivity contribution in [2.24, 2.45) is 0 Å². The highest BCUT2D eigenvalue weighted by Crippen LogP contribution is 2.25. The van der Waals surface area contributed by atoms with Crippen molar-refractivity contribution in [2.75, 3.05) is 18.4 Å². The normalized spacial score (nSPS) is 14.0. The number of piperidine rings is 1. The first-order valence-electron chi connectivity index (χ1n) is 12.9. The van der Waals surface area contributed by atoms with E-state index in [1.165, 1.54) is 12.1 Å². The minimum absolute atomic E-state index is 0.00952. The van der Waals surface area contributed by atoms with E-state index in [1.807, 2.05) is 62.8 Å². The van der Waals surface area contributed by atoms with Crippen LogP contribution < -0.4 is 5.32 Å². The van der Waals surface area contributed by atoms with Gasteiger partial charge in [-0.05, 0) is 72.9 Å². The van der Waals surface area contributed by atoms with Crippen LogP contribution in [0.2, 0.25) is 0 Å². The lowest BCUT2D eigenvalue weighted by molar-refractivity contribution is 0.0689. The van der Waals surface area contributed by atoms with E-state index in [1.54, 1.807) is 30.7 Å². The SMILES string of the molecule is O=C(Nc1cnn(C2CCN(C(=O)c3cccc(Cc4ccc(F)cc4)c3)CC2)c1)c1cc2cccn2cn1. The van der Waals surface area contributed by atoms with Gasteiger partial charge in [0.05, 0.1) is 24.3 Å². The summed E-state index contributed by atoms with van der Waals surface area (Å²) in [6, 6.07) is 19.8. The number of amides is 2. The number of hydrogen-bond donors (Lipinski definition) is 1. The van der Waals surface area contributed by atoms with Crippen LogP contribution in [0.4, 0.5) is 10.1 Å². The predicted molar refractivity (Wildman–Crippen MR) is 145 cm³/mol. The molecule has 1 aliphatic rings. The molecule has 1 saturated heterocycles. The van der Waals surface area contributed by atoms with Crippen LogP contribution in [0.3, 0.4) is 0 Å². The molecule has 1 fully saturated rings. The Kier molecular flexibility index (Phi) is 6.62. The van der Waals surface area contributed by atoms with Crippen molar-refractivity contribution >= 4 is 23.0 Å². The molecule has 6 rings (SSSR count). The maximum atomic E-state index is 13.2. The molecule has 2 amide bonds. The Bertz CT molecular complexity index is 1630. The molecule has 2 aromatic carbocycles. The number of fused-ring (bicyclic) bond motifs is 1. The molecule has 1 aliphatic heterocycles. The van der Waals surface area contributed by atoms with Crippen molar-refractivity contribution in [3.05, 3.63) is 120 Å². The number of halogens is 1. The molecule has 8 nitrogen and oxygen atoms in total. The minimum Gasteiger partial charge on any atom is -0.338 e. The standard InChI is InChI=1S/C30H27FN6O2/c31-24-8-6-21(7-9-24)15-22-3-1-4-23(16-22)30(39)35-13-10-26(11-14-35)37-19-25(18-33-37)34-29(38)28-17-27-5-2-12-36(27)20-32-28/h1-9,12,16-20,26H,10-11,13-15H2,(H,34,38). The second-order valence-electron chi connectivity index (χ2n) is 9.80. The van der Waals surface area contributed by atoms with Crippen LogP contribution in [0.5, 0.6) is 0 Å². The molecule has 196 valence electrons. The highest BCUT2D eigenvalue weighted by molar-refractivity contribution is 6.03. The summed E-state index contributed by atoms with van der Waals surface area (Å²) in [5, 5.41) is 7.33. The second kappa shape index (κ2) is 10.5. The maximum absolute atomic E-state index is 13.2. The third-order valence-electron chi connectivity index (χ3n) is 7.13. The number of hydrogen-bond acceptors (Lipinski definition) is 4. The van der Waals surface area contributed by atoms with E-state index in [0.29, 0.717) is 36.5 Å². The highest BCUT2D eigenvalue weighted by Gasteiger charge is 2.25. The van der Waals surface area contributed by atoms with E-state index in [-0.39, 0.29) is 23.7 Å². The summed E-state index contributed by atoms with van der Waals surface area (Å²) in [5.41, 5.74) is 4.50. The van der Waals surface area contributed by atoms with Gasteiger partial charge in [-0.1, -0.05) is 24.3 Å². The molecular weight excluding hydrogens is 495 g/mol. The van der Waals surface area contributed by atoms with E-state index in [9.17, 15) is 14.0 Å². The third-order valence-corrected chi connectivity index (χ3v) is 7.13. The van der Waals surface area contributed by atoms with Crippen LogP contribution in [0.1, 0.15) is 50.9 Å². The van der Waals surface area contributed by atoms with Crippen LogP contribution in [0.15, 0.2) is 91.6 Å². The van der Waals surface area contributed by atoms with Crippen molar-refractivity contribution < 1.29 is 14.0 Å². The van der Waals surface area contributed by atoms with Gasteiger partial charge in [0.1, 0.15) is 11.5 Å². The van der Waals surface area contributed by atoms with Crippen LogP contribution in [-0.4, -0.2) is 49.0 Å². The van der Waals surface area contributed by atoms with Crippen LogP contribution in [0.25, 0.3) is 5.52 Å². The van der Waals surface area contributed by atoms with Gasteiger partial charge < -0.3 is 14.6 Å². The molecule has 3 aromatic heterocycles. The summed E-state index contributed by atoms with van der Waals surface area (Å²) >= 11 is 0. The van der Waals surface area contributed by atoms with Gasteiger partial charge in [-0.25, -0.2) is 9.37 Å². The molecule has 4 heterocycles. The number of rotatable bonds is 6. The largest absolute Gasteiger partial charge is 0.338 e. The Hall–Kier alpha value is -4.79. The summed E-state index contributed by atoms with van der Waals surface area (Å²) < 4.78 is 16.9. The van der Waals surface area contributed by atoms with Gasteiger partial charge in [0.2, 0.25) is 0 Å². The van der Waals surface area contributed by atoms with Crippen molar-refractivity contribution in [3.63, 3.8) is 0 Å². The van der Waals surface area contributed by atoms with Gasteiger partial charge in [-0.15, -0.1) is 0 Å². The molecule has 1 N–H and O–H groups in total. The summed E-state index contributed by atoms with van der Waals surface area (Å²) in [7, 11) is 0. The lowest BCUT2D eigenvalue weighted by Crippen LogP contribution is -2.39. The quantitative estimate of drug-likeness (QED) is 0.341. The number of carbonyl (C=O) groups is 2. The van der Waals surface area contributed by atoms with E-state index in [0.717, 1.165) is 29.5 Å². The van der Waals surface area contributed by atoms with Crippen LogP contribution >= 0.6 is 0 Å². The average Bonchev–Trinajstić information content (AvgIpc) is 3.63. The Morgan fingerprint density at radius 2 is 1.79 bits per heavy atom.